The van der Waals surface area contributed by atoms with Gasteiger partial charge in [0, 0.05) is 5.56 Å². The molecule has 4 N–H and O–H groups in total. The van der Waals surface area contributed by atoms with E-state index < -0.39 is 0 Å². The first kappa shape index (κ1) is 7.08. The summed E-state index contributed by atoms with van der Waals surface area (Å²) < 4.78 is 0. The highest BCUT2D eigenvalue weighted by Gasteiger charge is 2.02. The predicted molar refractivity (Wildman–Crippen MR) is 40.6 cm³/mol. The fourth-order valence-corrected chi connectivity index (χ4v) is 0.706. The molecule has 0 unspecified atom stereocenters. The van der Waals surface area contributed by atoms with E-state index in [0.717, 1.165) is 0 Å². The van der Waals surface area contributed by atoms with Crippen LogP contribution in [0.15, 0.2) is 0 Å². The normalized spacial score (nSPS) is 9.80. The van der Waals surface area contributed by atoms with Gasteiger partial charge in [0.1, 0.15) is 11.0 Å². The molecule has 0 aliphatic rings. The zero-order valence-electron chi connectivity index (χ0n) is 5.43. The maximum atomic E-state index is 5.61. The average molecular weight is 159 g/mol. The summed E-state index contributed by atoms with van der Waals surface area (Å²) in [5.74, 6) is 0.436. The molecule has 5 heteroatoms. The van der Waals surface area contributed by atoms with Crippen molar-refractivity contribution in [3.63, 3.8) is 0 Å². The van der Waals surface area contributed by atoms with Crippen LogP contribution in [0.4, 0.5) is 11.8 Å². The summed E-state index contributed by atoms with van der Waals surface area (Å²) in [5, 5.41) is 0.310. The van der Waals surface area contributed by atoms with E-state index in [1.807, 2.05) is 0 Å². The summed E-state index contributed by atoms with van der Waals surface area (Å²) in [7, 11) is 0. The molecule has 0 spiro atoms. The van der Waals surface area contributed by atoms with E-state index >= 15 is 0 Å². The van der Waals surface area contributed by atoms with Gasteiger partial charge in [-0.2, -0.15) is 4.98 Å². The lowest BCUT2D eigenvalue weighted by molar-refractivity contribution is 1.16. The Kier molecular flexibility index (Phi) is 1.63. The third-order valence-corrected chi connectivity index (χ3v) is 1.51. The molecule has 54 valence electrons. The van der Waals surface area contributed by atoms with E-state index in [4.69, 9.17) is 23.1 Å². The molecule has 10 heavy (non-hydrogen) atoms. The molecule has 0 saturated heterocycles. The Bertz CT molecular complexity index is 237. The minimum absolute atomic E-state index is 0.105. The number of nitrogen functional groups attached to an aromatic ring is 2. The Morgan fingerprint density at radius 1 is 1.30 bits per heavy atom. The average Bonchev–Trinajstić information content (AvgIpc) is 1.82. The molecular weight excluding hydrogens is 152 g/mol. The van der Waals surface area contributed by atoms with E-state index in [1.165, 1.54) is 0 Å². The van der Waals surface area contributed by atoms with Gasteiger partial charge in [-0.3, -0.25) is 0 Å². The monoisotopic (exact) mass is 158 g/mol. The maximum Gasteiger partial charge on any atom is 0.223 e. The predicted octanol–water partition coefficient (Wildman–Crippen LogP) is 0.603. The molecular formula is C5H7ClN4. The minimum Gasteiger partial charge on any atom is -0.383 e. The fraction of sp³-hybridized carbons (Fsp3) is 0.200. The van der Waals surface area contributed by atoms with Gasteiger partial charge in [0.15, 0.2) is 0 Å². The highest BCUT2D eigenvalue weighted by atomic mass is 35.5. The summed E-state index contributed by atoms with van der Waals surface area (Å²) in [6.45, 7) is 1.73. The topological polar surface area (TPSA) is 77.8 Å². The van der Waals surface area contributed by atoms with Crippen molar-refractivity contribution >= 4 is 23.4 Å². The number of nitrogens with two attached hydrogens (primary N) is 2. The Morgan fingerprint density at radius 3 is 2.40 bits per heavy atom. The van der Waals surface area contributed by atoms with Crippen LogP contribution in [0.1, 0.15) is 5.56 Å². The highest BCUT2D eigenvalue weighted by molar-refractivity contribution is 6.30. The van der Waals surface area contributed by atoms with Gasteiger partial charge in [-0.05, 0) is 6.92 Å². The highest BCUT2D eigenvalue weighted by Crippen LogP contribution is 2.16. The molecule has 0 saturated carbocycles. The van der Waals surface area contributed by atoms with E-state index in [-0.39, 0.29) is 5.95 Å². The number of nitrogens with zero attached hydrogens (tertiary/aromatic N) is 2. The van der Waals surface area contributed by atoms with Crippen LogP contribution in [0.3, 0.4) is 0 Å². The Morgan fingerprint density at radius 2 is 1.90 bits per heavy atom. The van der Waals surface area contributed by atoms with Crippen LogP contribution in [0.2, 0.25) is 5.15 Å². The van der Waals surface area contributed by atoms with Crippen molar-refractivity contribution in [3.05, 3.63) is 10.7 Å². The molecule has 1 aromatic heterocycles. The number of rotatable bonds is 0. The number of aromatic nitrogens is 2. The number of halogens is 1. The lowest BCUT2D eigenvalue weighted by atomic mass is 10.3. The maximum absolute atomic E-state index is 5.61. The molecule has 0 aliphatic heterocycles. The van der Waals surface area contributed by atoms with Gasteiger partial charge < -0.3 is 11.5 Å². The Balaban J connectivity index is 3.31. The molecule has 0 bridgehead atoms. The molecule has 0 aliphatic carbocycles. The van der Waals surface area contributed by atoms with Crippen LogP contribution in [0.25, 0.3) is 0 Å². The van der Waals surface area contributed by atoms with Gasteiger partial charge in [0.25, 0.3) is 0 Å². The van der Waals surface area contributed by atoms with Gasteiger partial charge in [0.2, 0.25) is 5.95 Å². The number of hydrogen-bond acceptors (Lipinski definition) is 4. The van der Waals surface area contributed by atoms with Crippen molar-refractivity contribution in [1.82, 2.24) is 9.97 Å². The number of hydrogen-bond donors (Lipinski definition) is 2. The Hall–Kier alpha value is -1.03. The quantitative estimate of drug-likeness (QED) is 0.542. The lowest BCUT2D eigenvalue weighted by Gasteiger charge is -2.00. The van der Waals surface area contributed by atoms with Crippen molar-refractivity contribution in [2.75, 3.05) is 11.5 Å². The summed E-state index contributed by atoms with van der Waals surface area (Å²) >= 11 is 5.61. The van der Waals surface area contributed by atoms with Crippen molar-refractivity contribution in [1.29, 1.82) is 0 Å². The van der Waals surface area contributed by atoms with Gasteiger partial charge in [-0.1, -0.05) is 11.6 Å². The van der Waals surface area contributed by atoms with Crippen LogP contribution in [0, 0.1) is 6.92 Å². The van der Waals surface area contributed by atoms with Crippen LogP contribution in [-0.2, 0) is 0 Å². The summed E-state index contributed by atoms with van der Waals surface area (Å²) in [6, 6.07) is 0. The second-order valence-corrected chi connectivity index (χ2v) is 2.24. The van der Waals surface area contributed by atoms with E-state index in [9.17, 15) is 0 Å². The van der Waals surface area contributed by atoms with Crippen LogP contribution >= 0.6 is 11.6 Å². The zero-order chi connectivity index (χ0) is 7.72. The largest absolute Gasteiger partial charge is 0.383 e. The van der Waals surface area contributed by atoms with Gasteiger partial charge in [-0.15, -0.1) is 0 Å². The fourth-order valence-electron chi connectivity index (χ4n) is 0.522. The van der Waals surface area contributed by atoms with Crippen molar-refractivity contribution in [3.8, 4) is 0 Å². The van der Waals surface area contributed by atoms with Crippen LogP contribution < -0.4 is 11.5 Å². The van der Waals surface area contributed by atoms with Crippen molar-refractivity contribution in [2.45, 2.75) is 6.92 Å². The zero-order valence-corrected chi connectivity index (χ0v) is 6.18. The summed E-state index contributed by atoms with van der Waals surface area (Å²) in [4.78, 5) is 7.38. The summed E-state index contributed by atoms with van der Waals surface area (Å²) in [5.41, 5.74) is 11.3. The minimum atomic E-state index is 0.105. The van der Waals surface area contributed by atoms with Crippen molar-refractivity contribution < 1.29 is 0 Å². The van der Waals surface area contributed by atoms with Gasteiger partial charge in [-0.25, -0.2) is 4.98 Å². The smallest absolute Gasteiger partial charge is 0.223 e. The molecule has 4 nitrogen and oxygen atoms in total. The molecule has 1 heterocycles. The summed E-state index contributed by atoms with van der Waals surface area (Å²) in [6.07, 6.45) is 0. The first-order chi connectivity index (χ1) is 4.61. The van der Waals surface area contributed by atoms with E-state index in [0.29, 0.717) is 16.5 Å². The second-order valence-electron chi connectivity index (χ2n) is 1.88. The number of anilines is 2. The third-order valence-electron chi connectivity index (χ3n) is 1.14. The molecule has 0 amide bonds. The lowest BCUT2D eigenvalue weighted by Crippen LogP contribution is -2.02. The van der Waals surface area contributed by atoms with E-state index in [2.05, 4.69) is 9.97 Å². The van der Waals surface area contributed by atoms with Gasteiger partial charge >= 0.3 is 0 Å². The molecule has 1 rings (SSSR count). The third kappa shape index (κ3) is 1.11. The SMILES string of the molecule is Cc1c(N)nc(N)nc1Cl. The second kappa shape index (κ2) is 2.30. The van der Waals surface area contributed by atoms with Gasteiger partial charge in [0.05, 0.1) is 0 Å². The molecule has 0 radical (unpaired) electrons. The Labute approximate surface area is 63.2 Å². The first-order valence-corrected chi connectivity index (χ1v) is 3.04. The molecule has 0 atom stereocenters. The molecule has 0 fully saturated rings. The first-order valence-electron chi connectivity index (χ1n) is 2.66. The standard InChI is InChI=1S/C5H7ClN4/c1-2-3(6)9-5(8)10-4(2)7/h1H3,(H4,7,8,9,10). The molecule has 1 aromatic rings. The van der Waals surface area contributed by atoms with E-state index in [1.54, 1.807) is 6.92 Å². The molecule has 0 aromatic carbocycles. The van der Waals surface area contributed by atoms with Crippen molar-refractivity contribution in [2.24, 2.45) is 0 Å². The van der Waals surface area contributed by atoms with Crippen LogP contribution in [0.5, 0.6) is 0 Å². The van der Waals surface area contributed by atoms with Crippen LogP contribution in [-0.4, -0.2) is 9.97 Å².